The van der Waals surface area contributed by atoms with Gasteiger partial charge in [0.2, 0.25) is 0 Å². The van der Waals surface area contributed by atoms with E-state index in [0.29, 0.717) is 54.4 Å². The number of hydrogen-bond acceptors (Lipinski definition) is 5. The molecule has 0 atom stereocenters. The minimum Gasteiger partial charge on any atom is -0.497 e. The lowest BCUT2D eigenvalue weighted by Gasteiger charge is -2.27. The van der Waals surface area contributed by atoms with Gasteiger partial charge >= 0.3 is 0 Å². The van der Waals surface area contributed by atoms with Gasteiger partial charge in [-0.25, -0.2) is 9.37 Å². The molecule has 0 bridgehead atoms. The molecule has 0 saturated heterocycles. The van der Waals surface area contributed by atoms with Gasteiger partial charge in [-0.2, -0.15) is 0 Å². The summed E-state index contributed by atoms with van der Waals surface area (Å²) in [5, 5.41) is 0. The van der Waals surface area contributed by atoms with Crippen LogP contribution < -0.4 is 10.3 Å². The highest BCUT2D eigenvalue weighted by molar-refractivity contribution is 5.49. The predicted octanol–water partition coefficient (Wildman–Crippen LogP) is 2.54. The molecule has 0 fully saturated rings. The zero-order valence-corrected chi connectivity index (χ0v) is 14.9. The van der Waals surface area contributed by atoms with Gasteiger partial charge in [-0.05, 0) is 24.6 Å². The van der Waals surface area contributed by atoms with E-state index in [0.717, 1.165) is 5.69 Å². The molecule has 1 N–H and O–H groups in total. The fraction of sp³-hybridized carbons (Fsp3) is 0.250. The van der Waals surface area contributed by atoms with Gasteiger partial charge in [0.05, 0.1) is 12.8 Å². The Kier molecular flexibility index (Phi) is 4.68. The minimum absolute atomic E-state index is 0.129. The normalized spacial score (nSPS) is 14.0. The van der Waals surface area contributed by atoms with Gasteiger partial charge in [0.25, 0.3) is 5.56 Å². The third-order valence-corrected chi connectivity index (χ3v) is 4.71. The SMILES string of the molecule is COc1ccc(CN2CCc3c(nc(-c4ccccn4)[nH]c3=O)C2)c(F)c1. The smallest absolute Gasteiger partial charge is 0.254 e. The first-order valence-electron chi connectivity index (χ1n) is 8.72. The first-order valence-corrected chi connectivity index (χ1v) is 8.72. The highest BCUT2D eigenvalue weighted by Crippen LogP contribution is 2.22. The lowest BCUT2D eigenvalue weighted by molar-refractivity contribution is 0.237. The number of hydrogen-bond donors (Lipinski definition) is 1. The summed E-state index contributed by atoms with van der Waals surface area (Å²) in [6, 6.07) is 10.3. The van der Waals surface area contributed by atoms with E-state index < -0.39 is 0 Å². The Labute approximate surface area is 155 Å². The van der Waals surface area contributed by atoms with Gasteiger partial charge < -0.3 is 9.72 Å². The molecule has 27 heavy (non-hydrogen) atoms. The Morgan fingerprint density at radius 3 is 2.93 bits per heavy atom. The molecule has 1 aromatic carbocycles. The van der Waals surface area contributed by atoms with Gasteiger partial charge in [0, 0.05) is 43.0 Å². The summed E-state index contributed by atoms with van der Waals surface area (Å²) in [6.07, 6.45) is 2.24. The predicted molar refractivity (Wildman–Crippen MR) is 98.9 cm³/mol. The Bertz CT molecular complexity index is 1020. The standard InChI is InChI=1S/C20H19FN4O2/c1-27-14-6-5-13(16(21)10-14)11-25-9-7-15-18(12-25)23-19(24-20(15)26)17-4-2-3-8-22-17/h2-6,8,10H,7,9,11-12H2,1H3,(H,23,24,26). The number of ether oxygens (including phenoxy) is 1. The van der Waals surface area contributed by atoms with Gasteiger partial charge in [-0.15, -0.1) is 0 Å². The first-order chi connectivity index (χ1) is 13.1. The summed E-state index contributed by atoms with van der Waals surface area (Å²) in [4.78, 5) is 26.2. The Morgan fingerprint density at radius 1 is 1.30 bits per heavy atom. The molecule has 1 aliphatic heterocycles. The maximum Gasteiger partial charge on any atom is 0.254 e. The number of halogens is 1. The third-order valence-electron chi connectivity index (χ3n) is 4.71. The van der Waals surface area contributed by atoms with Gasteiger partial charge in [-0.1, -0.05) is 12.1 Å². The van der Waals surface area contributed by atoms with Crippen molar-refractivity contribution >= 4 is 0 Å². The van der Waals surface area contributed by atoms with E-state index >= 15 is 0 Å². The van der Waals surface area contributed by atoms with Crippen molar-refractivity contribution in [1.29, 1.82) is 0 Å². The maximum absolute atomic E-state index is 14.3. The average Bonchev–Trinajstić information content (AvgIpc) is 2.70. The second kappa shape index (κ2) is 7.28. The molecule has 0 saturated carbocycles. The summed E-state index contributed by atoms with van der Waals surface area (Å²) in [7, 11) is 1.51. The van der Waals surface area contributed by atoms with E-state index in [1.165, 1.54) is 13.2 Å². The van der Waals surface area contributed by atoms with Crippen LogP contribution in [0.25, 0.3) is 11.5 Å². The zero-order valence-electron chi connectivity index (χ0n) is 14.9. The van der Waals surface area contributed by atoms with Crippen LogP contribution >= 0.6 is 0 Å². The van der Waals surface area contributed by atoms with Crippen LogP contribution in [0.2, 0.25) is 0 Å². The number of benzene rings is 1. The van der Waals surface area contributed by atoms with Crippen molar-refractivity contribution in [2.75, 3.05) is 13.7 Å². The van der Waals surface area contributed by atoms with E-state index in [4.69, 9.17) is 4.74 Å². The molecular weight excluding hydrogens is 347 g/mol. The molecule has 0 radical (unpaired) electrons. The average molecular weight is 366 g/mol. The van der Waals surface area contributed by atoms with Crippen LogP contribution in [0.5, 0.6) is 5.75 Å². The molecule has 3 aromatic rings. The molecule has 3 heterocycles. The monoisotopic (exact) mass is 366 g/mol. The lowest BCUT2D eigenvalue weighted by atomic mass is 10.1. The van der Waals surface area contributed by atoms with E-state index in [-0.39, 0.29) is 11.4 Å². The summed E-state index contributed by atoms with van der Waals surface area (Å²) in [5.74, 6) is 0.651. The molecular formula is C20H19FN4O2. The van der Waals surface area contributed by atoms with Gasteiger partial charge in [0.1, 0.15) is 17.3 Å². The van der Waals surface area contributed by atoms with E-state index in [2.05, 4.69) is 19.9 Å². The van der Waals surface area contributed by atoms with E-state index in [9.17, 15) is 9.18 Å². The number of fused-ring (bicyclic) bond motifs is 1. The number of aromatic nitrogens is 3. The van der Waals surface area contributed by atoms with Crippen LogP contribution in [-0.4, -0.2) is 33.5 Å². The van der Waals surface area contributed by atoms with Crippen molar-refractivity contribution in [2.24, 2.45) is 0 Å². The van der Waals surface area contributed by atoms with Crippen molar-refractivity contribution in [1.82, 2.24) is 19.9 Å². The maximum atomic E-state index is 14.3. The molecule has 7 heteroatoms. The molecule has 2 aromatic heterocycles. The van der Waals surface area contributed by atoms with Crippen molar-refractivity contribution in [2.45, 2.75) is 19.5 Å². The summed E-state index contributed by atoms with van der Waals surface area (Å²) in [5.41, 5.74) is 2.50. The highest BCUT2D eigenvalue weighted by atomic mass is 19.1. The van der Waals surface area contributed by atoms with Crippen LogP contribution in [0, 0.1) is 5.82 Å². The first kappa shape index (κ1) is 17.4. The number of H-pyrrole nitrogens is 1. The second-order valence-electron chi connectivity index (χ2n) is 6.47. The van der Waals surface area contributed by atoms with E-state index in [1.807, 2.05) is 12.1 Å². The number of methoxy groups -OCH3 is 1. The Balaban J connectivity index is 1.59. The van der Waals surface area contributed by atoms with E-state index in [1.54, 1.807) is 24.4 Å². The number of nitrogens with one attached hydrogen (secondary N) is 1. The van der Waals surface area contributed by atoms with Crippen LogP contribution in [-0.2, 0) is 19.5 Å². The molecule has 0 aliphatic carbocycles. The summed E-state index contributed by atoms with van der Waals surface area (Å²) in [6.45, 7) is 1.61. The van der Waals surface area contributed by atoms with Crippen LogP contribution in [0.3, 0.4) is 0 Å². The number of aromatic amines is 1. The largest absolute Gasteiger partial charge is 0.497 e. The molecule has 0 amide bonds. The molecule has 1 aliphatic rings. The van der Waals surface area contributed by atoms with Gasteiger partial charge in [-0.3, -0.25) is 14.7 Å². The summed E-state index contributed by atoms with van der Waals surface area (Å²) >= 11 is 0. The van der Waals surface area contributed by atoms with Crippen molar-refractivity contribution in [3.05, 3.63) is 75.6 Å². The third kappa shape index (κ3) is 3.59. The van der Waals surface area contributed by atoms with Crippen LogP contribution in [0.1, 0.15) is 16.8 Å². The second-order valence-corrected chi connectivity index (χ2v) is 6.47. The number of pyridine rings is 1. The molecule has 6 nitrogen and oxygen atoms in total. The zero-order chi connectivity index (χ0) is 18.8. The fourth-order valence-corrected chi connectivity index (χ4v) is 3.28. The molecule has 0 unspecified atom stereocenters. The Morgan fingerprint density at radius 2 is 2.19 bits per heavy atom. The van der Waals surface area contributed by atoms with Crippen molar-refractivity contribution in [3.63, 3.8) is 0 Å². The number of nitrogens with zero attached hydrogens (tertiary/aromatic N) is 3. The van der Waals surface area contributed by atoms with Crippen LogP contribution in [0.4, 0.5) is 4.39 Å². The fourth-order valence-electron chi connectivity index (χ4n) is 3.28. The van der Waals surface area contributed by atoms with Crippen molar-refractivity contribution in [3.8, 4) is 17.3 Å². The van der Waals surface area contributed by atoms with Crippen molar-refractivity contribution < 1.29 is 9.13 Å². The highest BCUT2D eigenvalue weighted by Gasteiger charge is 2.22. The quantitative estimate of drug-likeness (QED) is 0.768. The summed E-state index contributed by atoms with van der Waals surface area (Å²) < 4.78 is 19.3. The molecule has 4 rings (SSSR count). The minimum atomic E-state index is -0.298. The Hall–Kier alpha value is -3.06. The lowest BCUT2D eigenvalue weighted by Crippen LogP contribution is -2.35. The molecule has 138 valence electrons. The number of rotatable bonds is 4. The van der Waals surface area contributed by atoms with Crippen LogP contribution in [0.15, 0.2) is 47.4 Å². The van der Waals surface area contributed by atoms with Gasteiger partial charge in [0.15, 0.2) is 5.82 Å². The topological polar surface area (TPSA) is 71.1 Å². The molecule has 0 spiro atoms.